The number of thioether (sulfide) groups is 1. The van der Waals surface area contributed by atoms with Crippen LogP contribution in [0.15, 0.2) is 41.6 Å². The van der Waals surface area contributed by atoms with Gasteiger partial charge in [-0.3, -0.25) is 0 Å². The van der Waals surface area contributed by atoms with Crippen molar-refractivity contribution in [2.45, 2.75) is 16.8 Å². The van der Waals surface area contributed by atoms with Crippen molar-refractivity contribution >= 4 is 44.3 Å². The molecule has 0 aliphatic rings. The van der Waals surface area contributed by atoms with E-state index in [0.717, 1.165) is 12.1 Å². The van der Waals surface area contributed by atoms with Gasteiger partial charge in [-0.1, -0.05) is 0 Å². The molecule has 134 valence electrons. The normalized spacial score (nSPS) is 12.7. The van der Waals surface area contributed by atoms with E-state index in [1.54, 1.807) is 0 Å². The van der Waals surface area contributed by atoms with E-state index < -0.39 is 40.2 Å². The number of H-pyrrole nitrogens is 1. The first-order valence-corrected chi connectivity index (χ1v) is 8.13. The molecule has 0 fully saturated rings. The Morgan fingerprint density at radius 1 is 0.885 bits per heavy atom. The Morgan fingerprint density at radius 3 is 2.08 bits per heavy atom. The topological polar surface area (TPSA) is 28.7 Å². The summed E-state index contributed by atoms with van der Waals surface area (Å²) in [6.07, 6.45) is -3.86. The van der Waals surface area contributed by atoms with Gasteiger partial charge in [0.2, 0.25) is 0 Å². The largest absolute Gasteiger partial charge is 0.360 e. The van der Waals surface area contributed by atoms with Crippen LogP contribution in [-0.2, 0) is 0 Å². The van der Waals surface area contributed by atoms with E-state index in [1.807, 2.05) is 0 Å². The molecule has 0 atom stereocenters. The smallest absolute Gasteiger partial charge is 0.332 e. The van der Waals surface area contributed by atoms with Crippen LogP contribution in [0.1, 0.15) is 0 Å². The van der Waals surface area contributed by atoms with Crippen LogP contribution in [-0.4, -0.2) is 21.6 Å². The quantitative estimate of drug-likeness (QED) is 0.262. The summed E-state index contributed by atoms with van der Waals surface area (Å²) in [6.45, 7) is 0. The van der Waals surface area contributed by atoms with Crippen molar-refractivity contribution in [3.63, 3.8) is 0 Å². The van der Waals surface area contributed by atoms with E-state index >= 15 is 0 Å². The highest BCUT2D eigenvalue weighted by Gasteiger charge is 2.43. The van der Waals surface area contributed by atoms with E-state index in [0.29, 0.717) is 21.5 Å². The summed E-state index contributed by atoms with van der Waals surface area (Å²) < 4.78 is 78.9. The van der Waals surface area contributed by atoms with E-state index in [4.69, 9.17) is 0 Å². The zero-order valence-electron chi connectivity index (χ0n) is 12.7. The van der Waals surface area contributed by atoms with Crippen LogP contribution in [0.2, 0.25) is 0 Å². The molecule has 0 amide bonds. The van der Waals surface area contributed by atoms with Crippen molar-refractivity contribution in [3.05, 3.63) is 48.0 Å². The maximum absolute atomic E-state index is 13.7. The van der Waals surface area contributed by atoms with Gasteiger partial charge in [0, 0.05) is 10.8 Å². The summed E-state index contributed by atoms with van der Waals surface area (Å²) in [5, 5.41) is -3.23. The van der Waals surface area contributed by atoms with Gasteiger partial charge in [0.05, 0.1) is 11.0 Å². The zero-order chi connectivity index (χ0) is 18.6. The molecule has 26 heavy (non-hydrogen) atoms. The summed E-state index contributed by atoms with van der Waals surface area (Å²) in [6, 6.07) is 7.48. The van der Waals surface area contributed by atoms with Crippen LogP contribution in [0.4, 0.5) is 26.3 Å². The number of benzene rings is 3. The molecule has 9 heteroatoms. The summed E-state index contributed by atoms with van der Waals surface area (Å²) in [5.74, 6) is -1.11. The molecular weight excluding hydrogens is 378 g/mol. The molecule has 0 unspecified atom stereocenters. The lowest BCUT2D eigenvalue weighted by atomic mass is 10.00. The molecule has 0 aliphatic heterocycles. The highest BCUT2D eigenvalue weighted by Crippen LogP contribution is 2.42. The molecular formula is C17H8F6N2S. The molecule has 0 saturated heterocycles. The molecule has 1 N–H and O–H groups in total. The Labute approximate surface area is 146 Å². The molecule has 0 aliphatic carbocycles. The second-order valence-corrected chi connectivity index (χ2v) is 6.75. The van der Waals surface area contributed by atoms with E-state index in [1.165, 1.54) is 24.3 Å². The zero-order valence-corrected chi connectivity index (χ0v) is 13.5. The third-order valence-electron chi connectivity index (χ3n) is 3.95. The Morgan fingerprint density at radius 2 is 1.46 bits per heavy atom. The molecule has 1 aromatic heterocycles. The van der Waals surface area contributed by atoms with Crippen molar-refractivity contribution in [1.29, 1.82) is 0 Å². The molecule has 0 spiro atoms. The van der Waals surface area contributed by atoms with E-state index in [-0.39, 0.29) is 11.0 Å². The van der Waals surface area contributed by atoms with Crippen LogP contribution in [0.25, 0.3) is 32.6 Å². The maximum Gasteiger partial charge on any atom is 0.360 e. The number of hydrogen-bond donors (Lipinski definition) is 1. The van der Waals surface area contributed by atoms with E-state index in [2.05, 4.69) is 9.97 Å². The lowest BCUT2D eigenvalue weighted by Crippen LogP contribution is -2.21. The van der Waals surface area contributed by atoms with Gasteiger partial charge in [0.25, 0.3) is 0 Å². The first kappa shape index (κ1) is 17.0. The average molecular weight is 386 g/mol. The third-order valence-corrected chi connectivity index (χ3v) is 4.78. The summed E-state index contributed by atoms with van der Waals surface area (Å²) in [7, 11) is 0. The second kappa shape index (κ2) is 5.80. The number of fused-ring (bicyclic) bond motifs is 6. The molecule has 4 rings (SSSR count). The number of alkyl halides is 4. The Hall–Kier alpha value is -2.42. The first-order valence-electron chi connectivity index (χ1n) is 7.31. The van der Waals surface area contributed by atoms with Gasteiger partial charge in [0.1, 0.15) is 11.6 Å². The molecule has 4 aromatic rings. The highest BCUT2D eigenvalue weighted by molar-refractivity contribution is 8.00. The van der Waals surface area contributed by atoms with Crippen molar-refractivity contribution < 1.29 is 26.3 Å². The number of hydrogen-bond acceptors (Lipinski definition) is 2. The van der Waals surface area contributed by atoms with Crippen LogP contribution in [0.3, 0.4) is 0 Å². The van der Waals surface area contributed by atoms with Crippen LogP contribution >= 0.6 is 11.8 Å². The lowest BCUT2D eigenvalue weighted by molar-refractivity contribution is -0.0565. The first-order chi connectivity index (χ1) is 12.3. The Bertz CT molecular complexity index is 1080. The number of nitrogens with zero attached hydrogens (tertiary/aromatic N) is 1. The summed E-state index contributed by atoms with van der Waals surface area (Å²) >= 11 is -0.395. The van der Waals surface area contributed by atoms with Gasteiger partial charge < -0.3 is 4.98 Å². The number of nitrogens with one attached hydrogen (secondary N) is 1. The van der Waals surface area contributed by atoms with Crippen LogP contribution in [0.5, 0.6) is 0 Å². The van der Waals surface area contributed by atoms with Crippen molar-refractivity contribution in [1.82, 2.24) is 9.97 Å². The van der Waals surface area contributed by atoms with Crippen molar-refractivity contribution in [3.8, 4) is 0 Å². The fraction of sp³-hybridized carbons (Fsp3) is 0.118. The molecule has 1 heterocycles. The minimum Gasteiger partial charge on any atom is -0.332 e. The number of aromatic amines is 1. The number of rotatable bonds is 3. The monoisotopic (exact) mass is 386 g/mol. The van der Waals surface area contributed by atoms with Crippen molar-refractivity contribution in [2.24, 2.45) is 0 Å². The van der Waals surface area contributed by atoms with E-state index in [9.17, 15) is 26.3 Å². The second-order valence-electron chi connectivity index (χ2n) is 5.61. The predicted molar refractivity (Wildman–Crippen MR) is 87.8 cm³/mol. The molecule has 0 radical (unpaired) electrons. The predicted octanol–water partition coefficient (Wildman–Crippen LogP) is 6.10. The summed E-state index contributed by atoms with van der Waals surface area (Å²) in [4.78, 5) is 6.59. The molecule has 3 aromatic carbocycles. The third kappa shape index (κ3) is 2.66. The maximum atomic E-state index is 13.7. The molecule has 2 nitrogen and oxygen atoms in total. The van der Waals surface area contributed by atoms with Gasteiger partial charge in [-0.05, 0) is 58.9 Å². The number of aromatic nitrogens is 2. The van der Waals surface area contributed by atoms with Crippen molar-refractivity contribution in [2.75, 3.05) is 0 Å². The fourth-order valence-corrected chi connectivity index (χ4v) is 3.50. The van der Waals surface area contributed by atoms with Gasteiger partial charge in [-0.15, -0.1) is 0 Å². The SMILES string of the molecule is Fc1ccc2c(c1)c1cc(F)ccc1c1[nH]c(SC(F)(F)C(F)F)nc21. The van der Waals surface area contributed by atoms with Gasteiger partial charge in [0.15, 0.2) is 5.16 Å². The average Bonchev–Trinajstić information content (AvgIpc) is 2.97. The Kier molecular flexibility index (Phi) is 3.80. The van der Waals surface area contributed by atoms with Gasteiger partial charge in [-0.25, -0.2) is 22.5 Å². The van der Waals surface area contributed by atoms with Crippen LogP contribution < -0.4 is 0 Å². The van der Waals surface area contributed by atoms with Crippen LogP contribution in [0, 0.1) is 11.6 Å². The number of halogens is 6. The Balaban J connectivity index is 2.05. The highest BCUT2D eigenvalue weighted by atomic mass is 32.2. The fourth-order valence-electron chi connectivity index (χ4n) is 2.87. The molecule has 0 bridgehead atoms. The van der Waals surface area contributed by atoms with Gasteiger partial charge >= 0.3 is 11.7 Å². The lowest BCUT2D eigenvalue weighted by Gasteiger charge is -2.11. The standard InChI is InChI=1S/C17H8F6N2S/c18-7-1-3-9-11(5-7)12-6-8(19)2-4-10(12)14-13(9)24-16(25-14)26-17(22,23)15(20)21/h1-6,15H,(H,24,25). The number of imidazole rings is 1. The minimum atomic E-state index is -4.32. The summed E-state index contributed by atoms with van der Waals surface area (Å²) in [5.41, 5.74) is 0.498. The molecule has 0 saturated carbocycles. The minimum absolute atomic E-state index is 0.215. The van der Waals surface area contributed by atoms with Gasteiger partial charge in [-0.2, -0.15) is 8.78 Å².